The lowest BCUT2D eigenvalue weighted by atomic mass is 10.2. The van der Waals surface area contributed by atoms with Gasteiger partial charge in [0, 0.05) is 13.4 Å². The summed E-state index contributed by atoms with van der Waals surface area (Å²) in [5, 5.41) is 8.86. The van der Waals surface area contributed by atoms with E-state index in [4.69, 9.17) is 9.84 Å². The summed E-state index contributed by atoms with van der Waals surface area (Å²) in [6.45, 7) is 2.13. The Hall–Kier alpha value is -1.54. The van der Waals surface area contributed by atoms with E-state index < -0.39 is 5.97 Å². The van der Waals surface area contributed by atoms with Gasteiger partial charge in [-0.25, -0.2) is 4.79 Å². The Morgan fingerprint density at radius 3 is 2.35 bits per heavy atom. The number of aliphatic carboxylic acids is 1. The fraction of sp³-hybridized carbons (Fsp3) is 0.176. The zero-order chi connectivity index (χ0) is 16.8. The highest BCUT2D eigenvalue weighted by molar-refractivity contribution is 14.1. The minimum atomic E-state index is -0.835. The first kappa shape index (κ1) is 17.8. The van der Waals surface area contributed by atoms with Crippen molar-refractivity contribution in [3.63, 3.8) is 0 Å². The monoisotopic (exact) mass is 442 g/mol. The maximum Gasteiger partial charge on any atom is 0.338 e. The molecule has 0 heterocycles. The van der Waals surface area contributed by atoms with Crippen molar-refractivity contribution in [2.24, 2.45) is 0 Å². The summed E-state index contributed by atoms with van der Waals surface area (Å²) < 4.78 is 5.88. The first-order valence-corrected chi connectivity index (χ1v) is 8.84. The summed E-state index contributed by atoms with van der Waals surface area (Å²) in [6.07, 6.45) is 0.0253. The van der Waals surface area contributed by atoms with E-state index in [-0.39, 0.29) is 12.4 Å². The van der Waals surface area contributed by atoms with E-state index in [2.05, 4.69) is 22.6 Å². The zero-order valence-corrected chi connectivity index (χ0v) is 15.4. The van der Waals surface area contributed by atoms with Gasteiger partial charge in [-0.3, -0.25) is 4.79 Å². The van der Waals surface area contributed by atoms with Gasteiger partial charge in [-0.05, 0) is 71.5 Å². The van der Waals surface area contributed by atoms with Crippen molar-refractivity contribution >= 4 is 46.3 Å². The highest BCUT2D eigenvalue weighted by Gasteiger charge is 2.08. The molecule has 4 nitrogen and oxygen atoms in total. The minimum absolute atomic E-state index is 0.0253. The standard InChI is InChI=1S/C17H15IO4S/c1-2-22-17(21)11-3-6-13(7-4-11)23-14-8-5-12(9-16(19)20)15(18)10-14/h3-8,10H,2,9H2,1H3,(H,19,20). The van der Waals surface area contributed by atoms with Crippen molar-refractivity contribution in [1.29, 1.82) is 0 Å². The first-order valence-electron chi connectivity index (χ1n) is 6.95. The van der Waals surface area contributed by atoms with E-state index in [1.165, 1.54) is 0 Å². The largest absolute Gasteiger partial charge is 0.481 e. The summed E-state index contributed by atoms with van der Waals surface area (Å²) >= 11 is 3.71. The number of carboxylic acids is 1. The fourth-order valence-electron chi connectivity index (χ4n) is 1.91. The molecule has 0 aromatic heterocycles. The van der Waals surface area contributed by atoms with Gasteiger partial charge in [0.25, 0.3) is 0 Å². The van der Waals surface area contributed by atoms with Crippen molar-refractivity contribution in [3.05, 3.63) is 57.2 Å². The van der Waals surface area contributed by atoms with E-state index in [0.29, 0.717) is 12.2 Å². The van der Waals surface area contributed by atoms with Crippen LogP contribution in [-0.2, 0) is 16.0 Å². The second-order valence-corrected chi connectivity index (χ2v) is 6.98. The minimum Gasteiger partial charge on any atom is -0.481 e. The number of carbonyl (C=O) groups excluding carboxylic acids is 1. The third kappa shape index (κ3) is 5.24. The molecule has 0 unspecified atom stereocenters. The van der Waals surface area contributed by atoms with Gasteiger partial charge in [0.15, 0.2) is 0 Å². The Bertz CT molecular complexity index is 713. The van der Waals surface area contributed by atoms with E-state index in [1.54, 1.807) is 30.8 Å². The Morgan fingerprint density at radius 1 is 1.13 bits per heavy atom. The highest BCUT2D eigenvalue weighted by atomic mass is 127. The van der Waals surface area contributed by atoms with Crippen molar-refractivity contribution in [2.45, 2.75) is 23.1 Å². The number of halogens is 1. The number of carbonyl (C=O) groups is 2. The average Bonchev–Trinajstić information content (AvgIpc) is 2.50. The van der Waals surface area contributed by atoms with Crippen molar-refractivity contribution in [2.75, 3.05) is 6.61 Å². The van der Waals surface area contributed by atoms with Gasteiger partial charge in [0.05, 0.1) is 18.6 Å². The van der Waals surface area contributed by atoms with Gasteiger partial charge in [-0.2, -0.15) is 0 Å². The van der Waals surface area contributed by atoms with Gasteiger partial charge >= 0.3 is 11.9 Å². The van der Waals surface area contributed by atoms with Gasteiger partial charge in [-0.1, -0.05) is 17.8 Å². The molecule has 0 aliphatic carbocycles. The molecular weight excluding hydrogens is 427 g/mol. The van der Waals surface area contributed by atoms with Crippen molar-refractivity contribution in [3.8, 4) is 0 Å². The molecule has 0 spiro atoms. The van der Waals surface area contributed by atoms with Crippen LogP contribution in [-0.4, -0.2) is 23.7 Å². The molecule has 2 aromatic rings. The van der Waals surface area contributed by atoms with Crippen LogP contribution in [0.2, 0.25) is 0 Å². The van der Waals surface area contributed by atoms with Crippen LogP contribution in [0.25, 0.3) is 0 Å². The molecule has 0 saturated heterocycles. The number of ether oxygens (including phenoxy) is 1. The SMILES string of the molecule is CCOC(=O)c1ccc(Sc2ccc(CC(=O)O)c(I)c2)cc1. The molecule has 0 aliphatic heterocycles. The molecule has 2 rings (SSSR count). The highest BCUT2D eigenvalue weighted by Crippen LogP contribution is 2.30. The van der Waals surface area contributed by atoms with Crippen LogP contribution >= 0.6 is 34.4 Å². The summed E-state index contributed by atoms with van der Waals surface area (Å²) in [4.78, 5) is 24.4. The molecule has 2 aromatic carbocycles. The topological polar surface area (TPSA) is 63.6 Å². The van der Waals surface area contributed by atoms with Crippen LogP contribution in [0.15, 0.2) is 52.3 Å². The third-order valence-electron chi connectivity index (χ3n) is 2.97. The molecule has 0 amide bonds. The summed E-state index contributed by atoms with van der Waals surface area (Å²) in [5.41, 5.74) is 1.34. The Balaban J connectivity index is 2.08. The molecule has 0 bridgehead atoms. The fourth-order valence-corrected chi connectivity index (χ4v) is 3.68. The molecule has 0 saturated carbocycles. The number of carboxylic acid groups (broad SMARTS) is 1. The number of rotatable bonds is 6. The average molecular weight is 442 g/mol. The maximum atomic E-state index is 11.6. The van der Waals surface area contributed by atoms with Crippen molar-refractivity contribution < 1.29 is 19.4 Å². The maximum absolute atomic E-state index is 11.6. The second-order valence-electron chi connectivity index (χ2n) is 4.67. The zero-order valence-electron chi connectivity index (χ0n) is 12.4. The van der Waals surface area contributed by atoms with E-state index in [9.17, 15) is 9.59 Å². The smallest absolute Gasteiger partial charge is 0.338 e. The molecular formula is C17H15IO4S. The molecule has 6 heteroatoms. The Labute approximate surface area is 152 Å². The van der Waals surface area contributed by atoms with Gasteiger partial charge < -0.3 is 9.84 Å². The molecule has 0 atom stereocenters. The predicted octanol–water partition coefficient (Wildman–Crippen LogP) is 4.25. The Morgan fingerprint density at radius 2 is 1.78 bits per heavy atom. The normalized spacial score (nSPS) is 10.3. The van der Waals surface area contributed by atoms with E-state index >= 15 is 0 Å². The molecule has 1 N–H and O–H groups in total. The van der Waals surface area contributed by atoms with Crippen LogP contribution in [0.5, 0.6) is 0 Å². The molecule has 23 heavy (non-hydrogen) atoms. The lowest BCUT2D eigenvalue weighted by molar-refractivity contribution is -0.136. The van der Waals surface area contributed by atoms with Crippen LogP contribution in [0.1, 0.15) is 22.8 Å². The lowest BCUT2D eigenvalue weighted by Gasteiger charge is -2.07. The van der Waals surface area contributed by atoms with Crippen LogP contribution in [0.3, 0.4) is 0 Å². The summed E-state index contributed by atoms with van der Waals surface area (Å²) in [5.74, 6) is -1.16. The third-order valence-corrected chi connectivity index (χ3v) is 4.97. The van der Waals surface area contributed by atoms with E-state index in [0.717, 1.165) is 18.9 Å². The lowest BCUT2D eigenvalue weighted by Crippen LogP contribution is -2.03. The van der Waals surface area contributed by atoms with Gasteiger partial charge in [0.1, 0.15) is 0 Å². The summed E-state index contributed by atoms with van der Waals surface area (Å²) in [7, 11) is 0. The molecule has 0 fully saturated rings. The summed E-state index contributed by atoms with van der Waals surface area (Å²) in [6, 6.07) is 12.9. The number of benzene rings is 2. The molecule has 0 aliphatic rings. The van der Waals surface area contributed by atoms with Gasteiger partial charge in [0.2, 0.25) is 0 Å². The molecule has 120 valence electrons. The van der Waals surface area contributed by atoms with Gasteiger partial charge in [-0.15, -0.1) is 0 Å². The number of hydrogen-bond acceptors (Lipinski definition) is 4. The number of hydrogen-bond donors (Lipinski definition) is 1. The van der Waals surface area contributed by atoms with Crippen LogP contribution < -0.4 is 0 Å². The second kappa shape index (κ2) is 8.35. The number of esters is 1. The predicted molar refractivity (Wildman–Crippen MR) is 97.0 cm³/mol. The van der Waals surface area contributed by atoms with Crippen LogP contribution in [0, 0.1) is 3.57 Å². The Kier molecular flexibility index (Phi) is 6.47. The quantitative estimate of drug-likeness (QED) is 0.536. The van der Waals surface area contributed by atoms with Crippen LogP contribution in [0.4, 0.5) is 0 Å². The first-order chi connectivity index (χ1) is 11.0. The van der Waals surface area contributed by atoms with Crippen molar-refractivity contribution in [1.82, 2.24) is 0 Å². The van der Waals surface area contributed by atoms with E-state index in [1.807, 2.05) is 30.3 Å². The molecule has 0 radical (unpaired) electrons.